The minimum Gasteiger partial charge on any atom is -0.481 e. The summed E-state index contributed by atoms with van der Waals surface area (Å²) in [5.74, 6) is -1.62. The highest BCUT2D eigenvalue weighted by Crippen LogP contribution is 2.42. The predicted octanol–water partition coefficient (Wildman–Crippen LogP) is 2.89. The van der Waals surface area contributed by atoms with E-state index in [1.807, 2.05) is 5.48 Å². The second-order valence-corrected chi connectivity index (χ2v) is 8.31. The van der Waals surface area contributed by atoms with E-state index in [9.17, 15) is 18.0 Å². The average Bonchev–Trinajstić information content (AvgIpc) is 2.53. The third kappa shape index (κ3) is 5.69. The zero-order chi connectivity index (χ0) is 18.5. The monoisotopic (exact) mass is 389 g/mol. The van der Waals surface area contributed by atoms with Crippen LogP contribution in [0.5, 0.6) is 0 Å². The normalized spacial score (nSPS) is 17.0. The number of nitrogens with one attached hydrogen (secondary N) is 1. The Morgan fingerprint density at radius 2 is 1.72 bits per heavy atom. The van der Waals surface area contributed by atoms with Crippen molar-refractivity contribution in [3.8, 4) is 0 Å². The summed E-state index contributed by atoms with van der Waals surface area (Å²) in [7, 11) is -4.16. The van der Waals surface area contributed by atoms with E-state index in [1.165, 1.54) is 24.3 Å². The molecule has 1 saturated carbocycles. The molecule has 1 aliphatic carbocycles. The first kappa shape index (κ1) is 19.7. The lowest BCUT2D eigenvalue weighted by atomic mass is 9.69. The highest BCUT2D eigenvalue weighted by Gasteiger charge is 2.36. The summed E-state index contributed by atoms with van der Waals surface area (Å²) >= 11 is 5.70. The molecule has 0 saturated heterocycles. The van der Waals surface area contributed by atoms with Crippen molar-refractivity contribution in [2.24, 2.45) is 5.41 Å². The van der Waals surface area contributed by atoms with Crippen LogP contribution in [-0.4, -0.2) is 25.4 Å². The Balaban J connectivity index is 1.98. The molecule has 0 bridgehead atoms. The lowest BCUT2D eigenvalue weighted by Crippen LogP contribution is -2.36. The van der Waals surface area contributed by atoms with Gasteiger partial charge in [0.25, 0.3) is 0 Å². The molecule has 1 amide bonds. The van der Waals surface area contributed by atoms with Gasteiger partial charge in [0.05, 0.1) is 11.3 Å². The highest BCUT2D eigenvalue weighted by molar-refractivity contribution is 7.86. The lowest BCUT2D eigenvalue weighted by molar-refractivity contribution is -0.142. The van der Waals surface area contributed by atoms with Gasteiger partial charge in [-0.2, -0.15) is 8.42 Å². The average molecular weight is 390 g/mol. The molecule has 0 aliphatic heterocycles. The molecule has 1 fully saturated rings. The highest BCUT2D eigenvalue weighted by atomic mass is 35.5. The summed E-state index contributed by atoms with van der Waals surface area (Å²) in [4.78, 5) is 23.1. The molecule has 25 heavy (non-hydrogen) atoms. The number of aliphatic carboxylic acids is 1. The number of carbonyl (C=O) groups is 2. The molecule has 7 nitrogen and oxygen atoms in total. The molecule has 1 aromatic rings. The zero-order valence-corrected chi connectivity index (χ0v) is 15.1. The van der Waals surface area contributed by atoms with Crippen LogP contribution in [0.3, 0.4) is 0 Å². The summed E-state index contributed by atoms with van der Waals surface area (Å²) in [6.07, 6.45) is 3.74. The molecule has 0 spiro atoms. The Bertz CT molecular complexity index is 725. The van der Waals surface area contributed by atoms with Gasteiger partial charge < -0.3 is 5.11 Å². The minimum absolute atomic E-state index is 0.0879. The van der Waals surface area contributed by atoms with E-state index in [1.54, 1.807) is 0 Å². The van der Waals surface area contributed by atoms with Gasteiger partial charge in [0, 0.05) is 11.4 Å². The molecule has 2 N–H and O–H groups in total. The number of carboxylic acid groups (broad SMARTS) is 1. The van der Waals surface area contributed by atoms with Crippen LogP contribution in [-0.2, 0) is 24.0 Å². The van der Waals surface area contributed by atoms with Crippen LogP contribution in [0, 0.1) is 5.41 Å². The maximum Gasteiger partial charge on any atom is 0.317 e. The van der Waals surface area contributed by atoms with Crippen molar-refractivity contribution in [1.29, 1.82) is 0 Å². The number of hydroxylamine groups is 1. The molecule has 0 heterocycles. The number of hydrogen-bond donors (Lipinski definition) is 2. The van der Waals surface area contributed by atoms with Crippen LogP contribution >= 0.6 is 11.6 Å². The van der Waals surface area contributed by atoms with Crippen molar-refractivity contribution in [2.45, 2.75) is 49.8 Å². The summed E-state index contributed by atoms with van der Waals surface area (Å²) < 4.78 is 28.6. The van der Waals surface area contributed by atoms with Crippen molar-refractivity contribution >= 4 is 33.6 Å². The van der Waals surface area contributed by atoms with E-state index in [0.717, 1.165) is 19.3 Å². The van der Waals surface area contributed by atoms with Gasteiger partial charge >= 0.3 is 16.1 Å². The van der Waals surface area contributed by atoms with Crippen LogP contribution in [0.1, 0.15) is 44.9 Å². The number of benzene rings is 1. The third-order valence-electron chi connectivity index (χ3n) is 4.34. The first-order chi connectivity index (χ1) is 11.7. The molecule has 1 aliphatic rings. The summed E-state index contributed by atoms with van der Waals surface area (Å²) in [5.41, 5.74) is 1.28. The van der Waals surface area contributed by atoms with E-state index in [2.05, 4.69) is 4.28 Å². The SMILES string of the molecule is O=C(O)CC1(CC(=O)NOS(=O)(=O)c2ccc(Cl)cc2)CCCCC1. The molecule has 2 rings (SSSR count). The Labute approximate surface area is 151 Å². The smallest absolute Gasteiger partial charge is 0.317 e. The first-order valence-corrected chi connectivity index (χ1v) is 9.71. The molecule has 1 aromatic carbocycles. The molecule has 0 unspecified atom stereocenters. The van der Waals surface area contributed by atoms with E-state index >= 15 is 0 Å². The molecular formula is C16H20ClNO6S. The van der Waals surface area contributed by atoms with Crippen molar-refractivity contribution < 1.29 is 27.4 Å². The number of amides is 1. The second-order valence-electron chi connectivity index (χ2n) is 6.32. The van der Waals surface area contributed by atoms with Crippen LogP contribution in [0.15, 0.2) is 29.2 Å². The van der Waals surface area contributed by atoms with Crippen molar-refractivity contribution in [1.82, 2.24) is 5.48 Å². The van der Waals surface area contributed by atoms with Crippen LogP contribution in [0.2, 0.25) is 5.02 Å². The molecule has 0 atom stereocenters. The van der Waals surface area contributed by atoms with Crippen molar-refractivity contribution in [3.05, 3.63) is 29.3 Å². The molecule has 9 heteroatoms. The maximum absolute atomic E-state index is 12.1. The fourth-order valence-corrected chi connectivity index (χ4v) is 4.06. The Morgan fingerprint density at radius 3 is 2.28 bits per heavy atom. The number of hydrogen-bond acceptors (Lipinski definition) is 5. The van der Waals surface area contributed by atoms with Gasteiger partial charge in [0.2, 0.25) is 5.91 Å². The molecular weight excluding hydrogens is 370 g/mol. The lowest BCUT2D eigenvalue weighted by Gasteiger charge is -2.35. The first-order valence-electron chi connectivity index (χ1n) is 7.92. The maximum atomic E-state index is 12.1. The number of carboxylic acids is 1. The van der Waals surface area contributed by atoms with Gasteiger partial charge in [-0.05, 0) is 42.5 Å². The van der Waals surface area contributed by atoms with Gasteiger partial charge in [-0.15, -0.1) is 4.28 Å². The zero-order valence-electron chi connectivity index (χ0n) is 13.5. The van der Waals surface area contributed by atoms with E-state index in [4.69, 9.17) is 16.7 Å². The number of halogens is 1. The standard InChI is InChI=1S/C16H20ClNO6S/c17-12-4-6-13(7-5-12)25(22,23)24-18-14(19)10-16(11-15(20)21)8-2-1-3-9-16/h4-7H,1-3,8-11H2,(H,18,19)(H,20,21). The van der Waals surface area contributed by atoms with Crippen LogP contribution in [0.4, 0.5) is 0 Å². The van der Waals surface area contributed by atoms with Gasteiger partial charge in [-0.3, -0.25) is 9.59 Å². The third-order valence-corrected chi connectivity index (χ3v) is 5.75. The molecule has 0 aromatic heterocycles. The predicted molar refractivity (Wildman–Crippen MR) is 90.3 cm³/mol. The summed E-state index contributed by atoms with van der Waals surface area (Å²) in [6, 6.07) is 5.31. The molecule has 0 radical (unpaired) electrons. The minimum atomic E-state index is -4.16. The largest absolute Gasteiger partial charge is 0.481 e. The topological polar surface area (TPSA) is 110 Å². The van der Waals surface area contributed by atoms with Gasteiger partial charge in [0.1, 0.15) is 0 Å². The van der Waals surface area contributed by atoms with E-state index < -0.39 is 27.4 Å². The summed E-state index contributed by atoms with van der Waals surface area (Å²) in [5, 5.41) is 9.48. The number of carbonyl (C=O) groups excluding carboxylic acids is 1. The van der Waals surface area contributed by atoms with Gasteiger partial charge in [-0.1, -0.05) is 30.9 Å². The van der Waals surface area contributed by atoms with Crippen LogP contribution in [0.25, 0.3) is 0 Å². The fraction of sp³-hybridized carbons (Fsp3) is 0.500. The molecule has 138 valence electrons. The number of rotatable bonds is 7. The fourth-order valence-electron chi connectivity index (χ4n) is 3.17. The quantitative estimate of drug-likeness (QED) is 0.694. The van der Waals surface area contributed by atoms with Crippen molar-refractivity contribution in [3.63, 3.8) is 0 Å². The Kier molecular flexibility index (Phi) is 6.42. The van der Waals surface area contributed by atoms with E-state index in [-0.39, 0.29) is 17.7 Å². The van der Waals surface area contributed by atoms with E-state index in [0.29, 0.717) is 17.9 Å². The Hall–Kier alpha value is -1.64. The van der Waals surface area contributed by atoms with Crippen molar-refractivity contribution in [2.75, 3.05) is 0 Å². The van der Waals surface area contributed by atoms with Crippen LogP contribution < -0.4 is 5.48 Å². The second kappa shape index (κ2) is 8.16. The Morgan fingerprint density at radius 1 is 1.12 bits per heavy atom. The summed E-state index contributed by atoms with van der Waals surface area (Å²) in [6.45, 7) is 0. The van der Waals surface area contributed by atoms with Gasteiger partial charge in [-0.25, -0.2) is 5.48 Å². The van der Waals surface area contributed by atoms with Gasteiger partial charge in [0.15, 0.2) is 0 Å².